The number of nitrogens with two attached hydrogens (primary N) is 1. The highest BCUT2D eigenvalue weighted by molar-refractivity contribution is 6.32. The van der Waals surface area contributed by atoms with E-state index >= 15 is 0 Å². The van der Waals surface area contributed by atoms with E-state index in [2.05, 4.69) is 12.1 Å². The highest BCUT2D eigenvalue weighted by Crippen LogP contribution is 2.30. The van der Waals surface area contributed by atoms with Gasteiger partial charge in [-0.2, -0.15) is 0 Å². The van der Waals surface area contributed by atoms with Crippen molar-refractivity contribution >= 4 is 11.6 Å². The van der Waals surface area contributed by atoms with Crippen LogP contribution in [-0.4, -0.2) is 13.7 Å². The van der Waals surface area contributed by atoms with Crippen LogP contribution in [0.1, 0.15) is 17.0 Å². The van der Waals surface area contributed by atoms with Gasteiger partial charge < -0.3 is 10.5 Å². The van der Waals surface area contributed by atoms with E-state index in [1.807, 2.05) is 36.4 Å². The molecule has 2 nitrogen and oxygen atoms in total. The Morgan fingerprint density at radius 1 is 1.11 bits per heavy atom. The summed E-state index contributed by atoms with van der Waals surface area (Å²) in [4.78, 5) is 0. The number of halogens is 1. The number of methoxy groups -OCH3 is 1. The third kappa shape index (κ3) is 2.66. The molecule has 0 aliphatic heterocycles. The van der Waals surface area contributed by atoms with E-state index in [1.165, 1.54) is 5.56 Å². The predicted molar refractivity (Wildman–Crippen MR) is 75.3 cm³/mol. The van der Waals surface area contributed by atoms with Crippen LogP contribution >= 0.6 is 11.6 Å². The lowest BCUT2D eigenvalue weighted by Crippen LogP contribution is -2.13. The van der Waals surface area contributed by atoms with Crippen molar-refractivity contribution in [3.63, 3.8) is 0 Å². The van der Waals surface area contributed by atoms with Gasteiger partial charge in [0.1, 0.15) is 5.75 Å². The molecule has 2 aromatic rings. The molecule has 0 aromatic heterocycles. The molecule has 1 atom stereocenters. The fourth-order valence-corrected chi connectivity index (χ4v) is 2.32. The van der Waals surface area contributed by atoms with E-state index in [0.29, 0.717) is 17.3 Å². The van der Waals surface area contributed by atoms with Gasteiger partial charge in [-0.3, -0.25) is 0 Å². The molecule has 3 heteroatoms. The molecule has 2 rings (SSSR count). The minimum atomic E-state index is 0.162. The van der Waals surface area contributed by atoms with Crippen molar-refractivity contribution in [3.8, 4) is 5.75 Å². The van der Waals surface area contributed by atoms with E-state index in [0.717, 1.165) is 5.56 Å². The number of hydrogen-bond donors (Lipinski definition) is 1. The van der Waals surface area contributed by atoms with Gasteiger partial charge in [0.2, 0.25) is 0 Å². The molecule has 0 radical (unpaired) electrons. The first-order chi connectivity index (χ1) is 8.76. The van der Waals surface area contributed by atoms with Crippen LogP contribution in [0.25, 0.3) is 0 Å². The molecule has 0 bridgehead atoms. The maximum atomic E-state index is 6.15. The van der Waals surface area contributed by atoms with Crippen molar-refractivity contribution in [1.29, 1.82) is 0 Å². The minimum absolute atomic E-state index is 0.162. The van der Waals surface area contributed by atoms with Crippen LogP contribution in [-0.2, 0) is 0 Å². The Balaban J connectivity index is 2.37. The van der Waals surface area contributed by atoms with Gasteiger partial charge in [0.15, 0.2) is 0 Å². The summed E-state index contributed by atoms with van der Waals surface area (Å²) >= 11 is 6.15. The van der Waals surface area contributed by atoms with E-state index in [-0.39, 0.29) is 5.92 Å². The van der Waals surface area contributed by atoms with Crippen LogP contribution in [0.5, 0.6) is 5.75 Å². The second kappa shape index (κ2) is 5.89. The Labute approximate surface area is 112 Å². The molecule has 94 valence electrons. The molecule has 0 saturated heterocycles. The van der Waals surface area contributed by atoms with Crippen molar-refractivity contribution < 1.29 is 4.74 Å². The molecule has 0 aliphatic carbocycles. The van der Waals surface area contributed by atoms with Crippen molar-refractivity contribution in [1.82, 2.24) is 0 Å². The molecular formula is C15H16ClNO. The van der Waals surface area contributed by atoms with Crippen molar-refractivity contribution in [2.24, 2.45) is 5.73 Å². The first kappa shape index (κ1) is 12.9. The molecule has 0 spiro atoms. The average molecular weight is 262 g/mol. The summed E-state index contributed by atoms with van der Waals surface area (Å²) < 4.78 is 5.16. The maximum absolute atomic E-state index is 6.15. The van der Waals surface area contributed by atoms with Gasteiger partial charge in [0.05, 0.1) is 12.1 Å². The highest BCUT2D eigenvalue weighted by Gasteiger charge is 2.13. The lowest BCUT2D eigenvalue weighted by atomic mass is 9.91. The van der Waals surface area contributed by atoms with Gasteiger partial charge in [0, 0.05) is 12.5 Å². The standard InChI is InChI=1S/C15H16ClNO/c1-18-15-8-7-12(9-14(15)16)13(10-17)11-5-3-2-4-6-11/h2-9,13H,10,17H2,1H3. The molecule has 0 amide bonds. The number of ether oxygens (including phenoxy) is 1. The van der Waals surface area contributed by atoms with E-state index in [9.17, 15) is 0 Å². The number of rotatable bonds is 4. The summed E-state index contributed by atoms with van der Waals surface area (Å²) in [5.41, 5.74) is 8.18. The normalized spacial score (nSPS) is 12.2. The lowest BCUT2D eigenvalue weighted by molar-refractivity contribution is 0.415. The summed E-state index contributed by atoms with van der Waals surface area (Å²) in [5.74, 6) is 0.846. The third-order valence-corrected chi connectivity index (χ3v) is 3.31. The monoisotopic (exact) mass is 261 g/mol. The number of hydrogen-bond acceptors (Lipinski definition) is 2. The van der Waals surface area contributed by atoms with Gasteiger partial charge >= 0.3 is 0 Å². The fraction of sp³-hybridized carbons (Fsp3) is 0.200. The molecule has 2 aromatic carbocycles. The SMILES string of the molecule is COc1ccc(C(CN)c2ccccc2)cc1Cl. The Kier molecular flexibility index (Phi) is 4.24. The Bertz CT molecular complexity index is 513. The fourth-order valence-electron chi connectivity index (χ4n) is 2.05. The second-order valence-electron chi connectivity index (χ2n) is 4.09. The summed E-state index contributed by atoms with van der Waals surface area (Å²) in [6.07, 6.45) is 0. The van der Waals surface area contributed by atoms with Crippen LogP contribution in [0, 0.1) is 0 Å². The summed E-state index contributed by atoms with van der Waals surface area (Å²) in [6, 6.07) is 16.0. The number of benzene rings is 2. The van der Waals surface area contributed by atoms with Gasteiger partial charge in [-0.15, -0.1) is 0 Å². The van der Waals surface area contributed by atoms with Crippen LogP contribution in [0.2, 0.25) is 5.02 Å². The highest BCUT2D eigenvalue weighted by atomic mass is 35.5. The topological polar surface area (TPSA) is 35.2 Å². The molecule has 0 fully saturated rings. The van der Waals surface area contributed by atoms with Gasteiger partial charge in [-0.25, -0.2) is 0 Å². The molecule has 2 N–H and O–H groups in total. The zero-order valence-corrected chi connectivity index (χ0v) is 11.0. The van der Waals surface area contributed by atoms with E-state index in [1.54, 1.807) is 7.11 Å². The van der Waals surface area contributed by atoms with Crippen LogP contribution in [0.15, 0.2) is 48.5 Å². The molecule has 1 unspecified atom stereocenters. The zero-order valence-electron chi connectivity index (χ0n) is 10.3. The summed E-state index contributed by atoms with van der Waals surface area (Å²) in [5, 5.41) is 0.615. The van der Waals surface area contributed by atoms with Crippen LogP contribution in [0.4, 0.5) is 0 Å². The minimum Gasteiger partial charge on any atom is -0.495 e. The van der Waals surface area contributed by atoms with Gasteiger partial charge in [-0.1, -0.05) is 48.0 Å². The molecule has 0 heterocycles. The zero-order chi connectivity index (χ0) is 13.0. The van der Waals surface area contributed by atoms with Crippen molar-refractivity contribution in [3.05, 3.63) is 64.7 Å². The molecular weight excluding hydrogens is 246 g/mol. The predicted octanol–water partition coefficient (Wildman–Crippen LogP) is 3.44. The average Bonchev–Trinajstić information content (AvgIpc) is 2.41. The summed E-state index contributed by atoms with van der Waals surface area (Å²) in [7, 11) is 1.61. The van der Waals surface area contributed by atoms with Crippen LogP contribution < -0.4 is 10.5 Å². The Morgan fingerprint density at radius 3 is 2.39 bits per heavy atom. The largest absolute Gasteiger partial charge is 0.495 e. The Morgan fingerprint density at radius 2 is 1.83 bits per heavy atom. The molecule has 0 saturated carbocycles. The Hall–Kier alpha value is -1.51. The van der Waals surface area contributed by atoms with E-state index in [4.69, 9.17) is 22.1 Å². The maximum Gasteiger partial charge on any atom is 0.137 e. The van der Waals surface area contributed by atoms with Crippen molar-refractivity contribution in [2.45, 2.75) is 5.92 Å². The van der Waals surface area contributed by atoms with Gasteiger partial charge in [-0.05, 0) is 23.3 Å². The van der Waals surface area contributed by atoms with Gasteiger partial charge in [0.25, 0.3) is 0 Å². The van der Waals surface area contributed by atoms with E-state index < -0.39 is 0 Å². The first-order valence-electron chi connectivity index (χ1n) is 5.84. The molecule has 18 heavy (non-hydrogen) atoms. The van der Waals surface area contributed by atoms with Crippen molar-refractivity contribution in [2.75, 3.05) is 13.7 Å². The first-order valence-corrected chi connectivity index (χ1v) is 6.22. The quantitative estimate of drug-likeness (QED) is 0.915. The second-order valence-corrected chi connectivity index (χ2v) is 4.50. The molecule has 0 aliphatic rings. The smallest absolute Gasteiger partial charge is 0.137 e. The summed E-state index contributed by atoms with van der Waals surface area (Å²) in [6.45, 7) is 0.548. The lowest BCUT2D eigenvalue weighted by Gasteiger charge is -2.16. The third-order valence-electron chi connectivity index (χ3n) is 3.02. The van der Waals surface area contributed by atoms with Crippen LogP contribution in [0.3, 0.4) is 0 Å².